The number of hydrogen-bond acceptors (Lipinski definition) is 1. The minimum atomic E-state index is 0.789. The van der Waals surface area contributed by atoms with Gasteiger partial charge in [-0.1, -0.05) is 54.1 Å². The summed E-state index contributed by atoms with van der Waals surface area (Å²) < 4.78 is 0. The van der Waals surface area contributed by atoms with Crippen LogP contribution in [0.1, 0.15) is 18.1 Å². The smallest absolute Gasteiger partial charge is 0.0417 e. The van der Waals surface area contributed by atoms with Crippen LogP contribution in [0, 0.1) is 0 Å². The SMILES string of the molecule is C=C(C)c1ccc(CSc2cccc(Cl)c2)cc1. The van der Waals surface area contributed by atoms with E-state index in [0.29, 0.717) is 0 Å². The lowest BCUT2D eigenvalue weighted by Crippen LogP contribution is -1.83. The summed E-state index contributed by atoms with van der Waals surface area (Å²) in [5.74, 6) is 0.955. The highest BCUT2D eigenvalue weighted by atomic mass is 35.5. The summed E-state index contributed by atoms with van der Waals surface area (Å²) in [6.45, 7) is 5.96. The molecule has 92 valence electrons. The van der Waals surface area contributed by atoms with Gasteiger partial charge in [0.05, 0.1) is 0 Å². The molecule has 0 atom stereocenters. The van der Waals surface area contributed by atoms with Crippen LogP contribution in [0.25, 0.3) is 5.57 Å². The lowest BCUT2D eigenvalue weighted by molar-refractivity contribution is 1.37. The second-order valence-corrected chi connectivity index (χ2v) is 5.71. The molecule has 2 heteroatoms. The topological polar surface area (TPSA) is 0 Å². The maximum Gasteiger partial charge on any atom is 0.0417 e. The standard InChI is InChI=1S/C16H15ClS/c1-12(2)14-8-6-13(7-9-14)11-18-16-5-3-4-15(17)10-16/h3-10H,1,11H2,2H3. The molecule has 0 saturated carbocycles. The minimum Gasteiger partial charge on any atom is -0.121 e. The van der Waals surface area contributed by atoms with Crippen molar-refractivity contribution in [1.82, 2.24) is 0 Å². The molecule has 0 heterocycles. The van der Waals surface area contributed by atoms with Crippen molar-refractivity contribution < 1.29 is 0 Å². The van der Waals surface area contributed by atoms with Gasteiger partial charge in [0.1, 0.15) is 0 Å². The molecule has 2 rings (SSSR count). The predicted molar refractivity (Wildman–Crippen MR) is 82.2 cm³/mol. The van der Waals surface area contributed by atoms with E-state index in [4.69, 9.17) is 11.6 Å². The second kappa shape index (κ2) is 6.12. The van der Waals surface area contributed by atoms with Gasteiger partial charge in [-0.25, -0.2) is 0 Å². The summed E-state index contributed by atoms with van der Waals surface area (Å²) in [4.78, 5) is 1.20. The highest BCUT2D eigenvalue weighted by molar-refractivity contribution is 7.98. The number of thioether (sulfide) groups is 1. The van der Waals surface area contributed by atoms with E-state index in [-0.39, 0.29) is 0 Å². The quantitative estimate of drug-likeness (QED) is 0.648. The summed E-state index contributed by atoms with van der Waals surface area (Å²) in [5, 5.41) is 0.789. The molecule has 0 bridgehead atoms. The maximum absolute atomic E-state index is 5.96. The Kier molecular flexibility index (Phi) is 4.51. The Hall–Kier alpha value is -1.18. The van der Waals surface area contributed by atoms with Crippen molar-refractivity contribution in [2.75, 3.05) is 0 Å². The van der Waals surface area contributed by atoms with Gasteiger partial charge in [0.15, 0.2) is 0 Å². The average Bonchev–Trinajstić information content (AvgIpc) is 2.37. The lowest BCUT2D eigenvalue weighted by atomic mass is 10.1. The molecule has 0 aliphatic carbocycles. The molecule has 0 nitrogen and oxygen atoms in total. The Morgan fingerprint density at radius 2 is 1.89 bits per heavy atom. The van der Waals surface area contributed by atoms with E-state index in [0.717, 1.165) is 16.3 Å². The van der Waals surface area contributed by atoms with Crippen LogP contribution < -0.4 is 0 Å². The van der Waals surface area contributed by atoms with Crippen LogP contribution in [0.4, 0.5) is 0 Å². The fourth-order valence-electron chi connectivity index (χ4n) is 1.61. The molecule has 0 spiro atoms. The average molecular weight is 275 g/mol. The fourth-order valence-corrected chi connectivity index (χ4v) is 2.77. The van der Waals surface area contributed by atoms with Gasteiger partial charge >= 0.3 is 0 Å². The lowest BCUT2D eigenvalue weighted by Gasteiger charge is -2.04. The first-order valence-corrected chi connectivity index (χ1v) is 7.15. The Labute approximate surface area is 118 Å². The zero-order valence-corrected chi connectivity index (χ0v) is 11.9. The van der Waals surface area contributed by atoms with Crippen LogP contribution in [-0.4, -0.2) is 0 Å². The molecule has 2 aromatic carbocycles. The summed E-state index contributed by atoms with van der Waals surface area (Å²) in [6.07, 6.45) is 0. The highest BCUT2D eigenvalue weighted by Crippen LogP contribution is 2.25. The van der Waals surface area contributed by atoms with Crippen molar-refractivity contribution in [2.24, 2.45) is 0 Å². The molecule has 0 aromatic heterocycles. The predicted octanol–water partition coefficient (Wildman–Crippen LogP) is 5.67. The second-order valence-electron chi connectivity index (χ2n) is 4.22. The Bertz CT molecular complexity index is 543. The van der Waals surface area contributed by atoms with Gasteiger partial charge in [-0.2, -0.15) is 0 Å². The summed E-state index contributed by atoms with van der Waals surface area (Å²) in [7, 11) is 0. The van der Waals surface area contributed by atoms with E-state index in [1.807, 2.05) is 25.1 Å². The van der Waals surface area contributed by atoms with Gasteiger partial charge in [0.2, 0.25) is 0 Å². The normalized spacial score (nSPS) is 10.3. The molecule has 2 aromatic rings. The van der Waals surface area contributed by atoms with Gasteiger partial charge in [-0.15, -0.1) is 11.8 Å². The Morgan fingerprint density at radius 3 is 2.50 bits per heavy atom. The number of benzene rings is 2. The van der Waals surface area contributed by atoms with Crippen LogP contribution in [0.5, 0.6) is 0 Å². The van der Waals surface area contributed by atoms with Gasteiger partial charge in [0, 0.05) is 15.7 Å². The summed E-state index contributed by atoms with van der Waals surface area (Å²) in [6, 6.07) is 16.5. The number of allylic oxidation sites excluding steroid dienone is 1. The molecule has 0 amide bonds. The monoisotopic (exact) mass is 274 g/mol. The zero-order chi connectivity index (χ0) is 13.0. The zero-order valence-electron chi connectivity index (χ0n) is 10.3. The van der Waals surface area contributed by atoms with E-state index < -0.39 is 0 Å². The molecule has 0 aliphatic rings. The molecule has 0 N–H and O–H groups in total. The van der Waals surface area contributed by atoms with E-state index in [9.17, 15) is 0 Å². The third kappa shape index (κ3) is 3.66. The first-order valence-electron chi connectivity index (χ1n) is 5.78. The van der Waals surface area contributed by atoms with Gasteiger partial charge in [-0.05, 0) is 36.2 Å². The molecule has 0 aliphatic heterocycles. The number of halogens is 1. The van der Waals surface area contributed by atoms with Crippen LogP contribution in [0.2, 0.25) is 5.02 Å². The molecule has 0 fully saturated rings. The van der Waals surface area contributed by atoms with E-state index in [1.54, 1.807) is 11.8 Å². The molecular weight excluding hydrogens is 260 g/mol. The van der Waals surface area contributed by atoms with Crippen molar-refractivity contribution in [2.45, 2.75) is 17.6 Å². The van der Waals surface area contributed by atoms with Crippen LogP contribution in [0.15, 0.2) is 60.0 Å². The van der Waals surface area contributed by atoms with Gasteiger partial charge < -0.3 is 0 Å². The third-order valence-corrected chi connectivity index (χ3v) is 3.95. The number of hydrogen-bond donors (Lipinski definition) is 0. The molecule has 0 radical (unpaired) electrons. The Morgan fingerprint density at radius 1 is 1.17 bits per heavy atom. The maximum atomic E-state index is 5.96. The van der Waals surface area contributed by atoms with Crippen LogP contribution in [0.3, 0.4) is 0 Å². The highest BCUT2D eigenvalue weighted by Gasteiger charge is 1.98. The van der Waals surface area contributed by atoms with E-state index >= 15 is 0 Å². The Balaban J connectivity index is 2.00. The molecular formula is C16H15ClS. The third-order valence-electron chi connectivity index (χ3n) is 2.65. The van der Waals surface area contributed by atoms with Crippen molar-refractivity contribution in [1.29, 1.82) is 0 Å². The number of rotatable bonds is 4. The molecule has 0 saturated heterocycles. The van der Waals surface area contributed by atoms with Crippen molar-refractivity contribution in [3.8, 4) is 0 Å². The molecule has 0 unspecified atom stereocenters. The molecule has 18 heavy (non-hydrogen) atoms. The van der Waals surface area contributed by atoms with Gasteiger partial charge in [-0.3, -0.25) is 0 Å². The van der Waals surface area contributed by atoms with Crippen molar-refractivity contribution in [3.63, 3.8) is 0 Å². The van der Waals surface area contributed by atoms with Crippen molar-refractivity contribution in [3.05, 3.63) is 71.3 Å². The first kappa shape index (κ1) is 13.3. The van der Waals surface area contributed by atoms with Crippen molar-refractivity contribution >= 4 is 28.9 Å². The minimum absolute atomic E-state index is 0.789. The summed E-state index contributed by atoms with van der Waals surface area (Å²) >= 11 is 7.75. The summed E-state index contributed by atoms with van der Waals surface area (Å²) in [5.41, 5.74) is 3.61. The first-order chi connectivity index (χ1) is 8.65. The fraction of sp³-hybridized carbons (Fsp3) is 0.125. The van der Waals surface area contributed by atoms with Gasteiger partial charge in [0.25, 0.3) is 0 Å². The van der Waals surface area contributed by atoms with Crippen LogP contribution >= 0.6 is 23.4 Å². The largest absolute Gasteiger partial charge is 0.121 e. The van der Waals surface area contributed by atoms with E-state index in [1.165, 1.54) is 16.0 Å². The van der Waals surface area contributed by atoms with Crippen LogP contribution in [-0.2, 0) is 5.75 Å². The van der Waals surface area contributed by atoms with E-state index in [2.05, 4.69) is 36.9 Å².